The molecule has 22 heavy (non-hydrogen) atoms. The van der Waals surface area contributed by atoms with Gasteiger partial charge in [0.2, 0.25) is 0 Å². The van der Waals surface area contributed by atoms with Crippen molar-refractivity contribution in [2.75, 3.05) is 6.61 Å². The molecule has 132 valence electrons. The normalized spacial score (nSPS) is 13.1. The van der Waals surface area contributed by atoms with Gasteiger partial charge in [-0.15, -0.1) is 0 Å². The summed E-state index contributed by atoms with van der Waals surface area (Å²) in [6.45, 7) is 3.99. The summed E-state index contributed by atoms with van der Waals surface area (Å²) >= 11 is 0. The first-order chi connectivity index (χ1) is 10.4. The van der Waals surface area contributed by atoms with Crippen molar-refractivity contribution in [1.82, 2.24) is 0 Å². The third-order valence-corrected chi connectivity index (χ3v) is 5.08. The molecule has 2 N–H and O–H groups in total. The molecule has 1 unspecified atom stereocenters. The summed E-state index contributed by atoms with van der Waals surface area (Å²) in [5.41, 5.74) is -1.29. The number of carbonyl (C=O) groups excluding carboxylic acids is 1. The summed E-state index contributed by atoms with van der Waals surface area (Å²) in [7, 11) is -4.41. The lowest BCUT2D eigenvalue weighted by molar-refractivity contribution is -0.143. The van der Waals surface area contributed by atoms with Crippen molar-refractivity contribution in [1.29, 1.82) is 0 Å². The Morgan fingerprint density at radius 1 is 0.909 bits per heavy atom. The van der Waals surface area contributed by atoms with Crippen molar-refractivity contribution in [2.45, 2.75) is 90.1 Å². The van der Waals surface area contributed by atoms with E-state index in [1.807, 2.05) is 0 Å². The summed E-state index contributed by atoms with van der Waals surface area (Å²) in [4.78, 5) is 30.0. The van der Waals surface area contributed by atoms with Crippen molar-refractivity contribution < 1.29 is 23.9 Å². The van der Waals surface area contributed by atoms with Crippen LogP contribution in [0.3, 0.4) is 0 Å². The Labute approximate surface area is 135 Å². The van der Waals surface area contributed by atoms with Gasteiger partial charge in [0.1, 0.15) is 0 Å². The zero-order chi connectivity index (χ0) is 16.8. The fourth-order valence-electron chi connectivity index (χ4n) is 2.49. The molecule has 0 bridgehead atoms. The lowest BCUT2D eigenvalue weighted by Crippen LogP contribution is -2.23. The third kappa shape index (κ3) is 11.2. The SMILES string of the molecule is CCCCCCCCCCCCC(C(=O)OCC)P(=O)(O)O. The number of carbonyl (C=O) groups is 1. The highest BCUT2D eigenvalue weighted by atomic mass is 31.2. The topological polar surface area (TPSA) is 83.8 Å². The van der Waals surface area contributed by atoms with Crippen LogP contribution < -0.4 is 0 Å². The van der Waals surface area contributed by atoms with Gasteiger partial charge in [-0.1, -0.05) is 71.1 Å². The Bertz CT molecular complexity index is 326. The second-order valence-electron chi connectivity index (χ2n) is 5.83. The molecule has 0 amide bonds. The molecule has 0 aliphatic rings. The van der Waals surface area contributed by atoms with Crippen LogP contribution in [0.4, 0.5) is 0 Å². The van der Waals surface area contributed by atoms with Gasteiger partial charge in [0.15, 0.2) is 5.66 Å². The first-order valence-electron chi connectivity index (χ1n) is 8.65. The number of ether oxygens (including phenoxy) is 1. The summed E-state index contributed by atoms with van der Waals surface area (Å²) in [5.74, 6) is -0.772. The minimum Gasteiger partial charge on any atom is -0.465 e. The molecule has 0 aromatic heterocycles. The number of unbranched alkanes of at least 4 members (excludes halogenated alkanes) is 9. The van der Waals surface area contributed by atoms with Crippen molar-refractivity contribution in [3.8, 4) is 0 Å². The lowest BCUT2D eigenvalue weighted by atomic mass is 10.1. The highest BCUT2D eigenvalue weighted by Gasteiger charge is 2.36. The predicted octanol–water partition coefficient (Wildman–Crippen LogP) is 4.41. The van der Waals surface area contributed by atoms with E-state index in [1.165, 1.54) is 38.5 Å². The second kappa shape index (κ2) is 13.1. The van der Waals surface area contributed by atoms with Crippen LogP contribution in [0.25, 0.3) is 0 Å². The second-order valence-corrected chi connectivity index (χ2v) is 7.63. The lowest BCUT2D eigenvalue weighted by Gasteiger charge is -2.16. The highest BCUT2D eigenvalue weighted by molar-refractivity contribution is 7.53. The van der Waals surface area contributed by atoms with Crippen molar-refractivity contribution in [2.24, 2.45) is 0 Å². The maximum Gasteiger partial charge on any atom is 0.339 e. The van der Waals surface area contributed by atoms with Crippen LogP contribution in [-0.4, -0.2) is 28.0 Å². The molecule has 0 radical (unpaired) electrons. The van der Waals surface area contributed by atoms with E-state index in [0.29, 0.717) is 6.42 Å². The van der Waals surface area contributed by atoms with E-state index < -0.39 is 19.2 Å². The minimum absolute atomic E-state index is 0.146. The maximum atomic E-state index is 11.6. The number of hydrogen-bond donors (Lipinski definition) is 2. The van der Waals surface area contributed by atoms with Gasteiger partial charge in [0.05, 0.1) is 6.61 Å². The van der Waals surface area contributed by atoms with Crippen molar-refractivity contribution in [3.05, 3.63) is 0 Å². The van der Waals surface area contributed by atoms with Crippen LogP contribution >= 0.6 is 7.60 Å². The molecule has 6 heteroatoms. The molecular weight excluding hydrogens is 303 g/mol. The highest BCUT2D eigenvalue weighted by Crippen LogP contribution is 2.44. The third-order valence-electron chi connectivity index (χ3n) is 3.80. The maximum absolute atomic E-state index is 11.6. The zero-order valence-electron chi connectivity index (χ0n) is 14.1. The van der Waals surface area contributed by atoms with E-state index in [-0.39, 0.29) is 13.0 Å². The fraction of sp³-hybridized carbons (Fsp3) is 0.938. The Balaban J connectivity index is 3.73. The van der Waals surface area contributed by atoms with E-state index in [4.69, 9.17) is 4.74 Å². The largest absolute Gasteiger partial charge is 0.465 e. The number of hydrogen-bond acceptors (Lipinski definition) is 3. The molecule has 0 fully saturated rings. The van der Waals surface area contributed by atoms with Gasteiger partial charge in [0.25, 0.3) is 0 Å². The van der Waals surface area contributed by atoms with Gasteiger partial charge in [-0.25, -0.2) is 0 Å². The fourth-order valence-corrected chi connectivity index (χ4v) is 3.36. The standard InChI is InChI=1S/C16H33O5P/c1-3-5-6-7-8-9-10-11-12-13-14-15(22(18,19)20)16(17)21-4-2/h15H,3-14H2,1-2H3,(H2,18,19,20). The van der Waals surface area contributed by atoms with E-state index in [9.17, 15) is 19.1 Å². The van der Waals surface area contributed by atoms with Crippen LogP contribution in [0.15, 0.2) is 0 Å². The van der Waals surface area contributed by atoms with Crippen LogP contribution in [0, 0.1) is 0 Å². The van der Waals surface area contributed by atoms with Crippen LogP contribution in [0.1, 0.15) is 84.5 Å². The quantitative estimate of drug-likeness (QED) is 0.279. The van der Waals surface area contributed by atoms with E-state index in [0.717, 1.165) is 19.3 Å². The average Bonchev–Trinajstić information content (AvgIpc) is 2.43. The molecule has 1 atom stereocenters. The van der Waals surface area contributed by atoms with E-state index in [1.54, 1.807) is 6.92 Å². The minimum atomic E-state index is -4.41. The van der Waals surface area contributed by atoms with E-state index >= 15 is 0 Å². The van der Waals surface area contributed by atoms with Crippen LogP contribution in [-0.2, 0) is 14.1 Å². The Kier molecular flexibility index (Phi) is 12.9. The summed E-state index contributed by atoms with van der Waals surface area (Å²) < 4.78 is 16.1. The molecule has 0 heterocycles. The Morgan fingerprint density at radius 2 is 1.36 bits per heavy atom. The first-order valence-corrected chi connectivity index (χ1v) is 10.3. The van der Waals surface area contributed by atoms with Gasteiger partial charge in [-0.05, 0) is 13.3 Å². The molecule has 0 aromatic carbocycles. The van der Waals surface area contributed by atoms with Crippen molar-refractivity contribution >= 4 is 13.6 Å². The Morgan fingerprint density at radius 3 is 1.77 bits per heavy atom. The molecular formula is C16H33O5P. The first kappa shape index (κ1) is 21.6. The number of rotatable bonds is 14. The molecule has 0 saturated carbocycles. The smallest absolute Gasteiger partial charge is 0.339 e. The summed E-state index contributed by atoms with van der Waals surface area (Å²) in [6, 6.07) is 0. The van der Waals surface area contributed by atoms with Gasteiger partial charge < -0.3 is 14.5 Å². The molecule has 0 aliphatic heterocycles. The van der Waals surface area contributed by atoms with E-state index in [2.05, 4.69) is 6.92 Å². The molecule has 0 rings (SSSR count). The molecule has 5 nitrogen and oxygen atoms in total. The molecule has 0 aromatic rings. The summed E-state index contributed by atoms with van der Waals surface area (Å²) in [6.07, 6.45) is 11.7. The van der Waals surface area contributed by atoms with Gasteiger partial charge in [-0.3, -0.25) is 9.36 Å². The molecule has 0 saturated heterocycles. The average molecular weight is 336 g/mol. The van der Waals surface area contributed by atoms with Gasteiger partial charge in [0, 0.05) is 0 Å². The summed E-state index contributed by atoms with van der Waals surface area (Å²) in [5, 5.41) is 0. The molecule has 0 aliphatic carbocycles. The molecule has 0 spiro atoms. The zero-order valence-corrected chi connectivity index (χ0v) is 15.0. The van der Waals surface area contributed by atoms with Gasteiger partial charge >= 0.3 is 13.6 Å². The predicted molar refractivity (Wildman–Crippen MR) is 88.9 cm³/mol. The van der Waals surface area contributed by atoms with Gasteiger partial charge in [-0.2, -0.15) is 0 Å². The number of esters is 1. The van der Waals surface area contributed by atoms with Crippen molar-refractivity contribution in [3.63, 3.8) is 0 Å². The van der Waals surface area contributed by atoms with Crippen LogP contribution in [0.5, 0.6) is 0 Å². The monoisotopic (exact) mass is 336 g/mol. The Hall–Kier alpha value is -0.380. The van der Waals surface area contributed by atoms with Crippen LogP contribution in [0.2, 0.25) is 0 Å².